The predicted octanol–water partition coefficient (Wildman–Crippen LogP) is 3.06. The Morgan fingerprint density at radius 2 is 1.94 bits per heavy atom. The molecule has 0 amide bonds. The molecule has 1 heterocycles. The van der Waals surface area contributed by atoms with Gasteiger partial charge in [-0.1, -0.05) is 30.3 Å². The van der Waals surface area contributed by atoms with Gasteiger partial charge in [-0.05, 0) is 43.5 Å². The van der Waals surface area contributed by atoms with Crippen LogP contribution in [0.15, 0.2) is 42.7 Å². The summed E-state index contributed by atoms with van der Waals surface area (Å²) in [7, 11) is 1.71. The van der Waals surface area contributed by atoms with Crippen molar-refractivity contribution < 1.29 is 4.74 Å². The summed E-state index contributed by atoms with van der Waals surface area (Å²) >= 11 is 0. The standard InChI is InChI=1S/C15H21NO/c1-17-12-9-14-7-10-16(11-8-14)13-15-5-3-2-4-6-15/h2-6,9,12,14H,7-8,10-11,13H2,1H3. The van der Waals surface area contributed by atoms with Gasteiger partial charge in [-0.15, -0.1) is 0 Å². The van der Waals surface area contributed by atoms with Crippen molar-refractivity contribution in [2.45, 2.75) is 19.4 Å². The summed E-state index contributed by atoms with van der Waals surface area (Å²) in [6.45, 7) is 3.46. The molecule has 1 aromatic rings. The van der Waals surface area contributed by atoms with E-state index in [1.165, 1.54) is 31.5 Å². The highest BCUT2D eigenvalue weighted by Gasteiger charge is 2.16. The Balaban J connectivity index is 1.78. The van der Waals surface area contributed by atoms with E-state index in [1.54, 1.807) is 7.11 Å². The number of hydrogen-bond donors (Lipinski definition) is 0. The topological polar surface area (TPSA) is 12.5 Å². The number of hydrogen-bond acceptors (Lipinski definition) is 2. The Morgan fingerprint density at radius 1 is 1.24 bits per heavy atom. The Labute approximate surface area is 104 Å². The molecular weight excluding hydrogens is 210 g/mol. The van der Waals surface area contributed by atoms with Crippen molar-refractivity contribution in [3.63, 3.8) is 0 Å². The number of rotatable bonds is 4. The second-order valence-electron chi connectivity index (χ2n) is 4.66. The Morgan fingerprint density at radius 3 is 2.59 bits per heavy atom. The van der Waals surface area contributed by atoms with E-state index in [0.29, 0.717) is 5.92 Å². The zero-order valence-corrected chi connectivity index (χ0v) is 10.5. The highest BCUT2D eigenvalue weighted by atomic mass is 16.5. The van der Waals surface area contributed by atoms with Gasteiger partial charge in [0.2, 0.25) is 0 Å². The average molecular weight is 231 g/mol. The average Bonchev–Trinajstić information content (AvgIpc) is 2.39. The van der Waals surface area contributed by atoms with Crippen LogP contribution in [-0.4, -0.2) is 25.1 Å². The van der Waals surface area contributed by atoms with Gasteiger partial charge in [0.25, 0.3) is 0 Å². The molecule has 1 saturated heterocycles. The summed E-state index contributed by atoms with van der Waals surface area (Å²) in [5, 5.41) is 0. The maximum absolute atomic E-state index is 4.97. The van der Waals surface area contributed by atoms with Crippen LogP contribution in [0, 0.1) is 5.92 Å². The van der Waals surface area contributed by atoms with Crippen LogP contribution in [0.1, 0.15) is 18.4 Å². The van der Waals surface area contributed by atoms with E-state index in [-0.39, 0.29) is 0 Å². The van der Waals surface area contributed by atoms with Crippen LogP contribution in [0.3, 0.4) is 0 Å². The summed E-state index contributed by atoms with van der Waals surface area (Å²) < 4.78 is 4.97. The van der Waals surface area contributed by atoms with E-state index in [2.05, 4.69) is 41.3 Å². The first kappa shape index (κ1) is 12.2. The third kappa shape index (κ3) is 3.90. The van der Waals surface area contributed by atoms with Crippen LogP contribution in [0.4, 0.5) is 0 Å². The Kier molecular flexibility index (Phi) is 4.63. The number of nitrogens with zero attached hydrogens (tertiary/aromatic N) is 1. The molecule has 92 valence electrons. The number of allylic oxidation sites excluding steroid dienone is 1. The van der Waals surface area contributed by atoms with Gasteiger partial charge in [0.05, 0.1) is 13.4 Å². The van der Waals surface area contributed by atoms with Gasteiger partial charge in [0, 0.05) is 6.54 Å². The zero-order chi connectivity index (χ0) is 11.9. The fourth-order valence-corrected chi connectivity index (χ4v) is 2.33. The van der Waals surface area contributed by atoms with Gasteiger partial charge in [-0.2, -0.15) is 0 Å². The normalized spacial score (nSPS) is 18.6. The molecule has 0 aliphatic carbocycles. The van der Waals surface area contributed by atoms with Crippen molar-refractivity contribution >= 4 is 0 Å². The molecule has 1 aliphatic heterocycles. The molecule has 0 N–H and O–H groups in total. The van der Waals surface area contributed by atoms with Gasteiger partial charge in [-0.25, -0.2) is 0 Å². The molecule has 0 radical (unpaired) electrons. The highest BCUT2D eigenvalue weighted by molar-refractivity contribution is 5.14. The molecular formula is C15H21NO. The molecule has 2 heteroatoms. The van der Waals surface area contributed by atoms with Crippen LogP contribution in [0.25, 0.3) is 0 Å². The molecule has 1 aliphatic rings. The molecule has 1 aromatic carbocycles. The summed E-state index contributed by atoms with van der Waals surface area (Å²) in [4.78, 5) is 2.53. The molecule has 0 saturated carbocycles. The van der Waals surface area contributed by atoms with Crippen molar-refractivity contribution in [2.75, 3.05) is 20.2 Å². The van der Waals surface area contributed by atoms with Gasteiger partial charge < -0.3 is 4.74 Å². The number of likely N-dealkylation sites (tertiary alicyclic amines) is 1. The van der Waals surface area contributed by atoms with E-state index in [0.717, 1.165) is 6.54 Å². The van der Waals surface area contributed by atoms with Crippen molar-refractivity contribution in [3.8, 4) is 0 Å². The van der Waals surface area contributed by atoms with E-state index in [4.69, 9.17) is 4.74 Å². The number of piperidine rings is 1. The third-order valence-corrected chi connectivity index (χ3v) is 3.37. The van der Waals surface area contributed by atoms with Crippen molar-refractivity contribution in [2.24, 2.45) is 5.92 Å². The lowest BCUT2D eigenvalue weighted by Gasteiger charge is -2.30. The van der Waals surface area contributed by atoms with Crippen LogP contribution >= 0.6 is 0 Å². The van der Waals surface area contributed by atoms with Crippen molar-refractivity contribution in [1.29, 1.82) is 0 Å². The summed E-state index contributed by atoms with van der Waals surface area (Å²) in [5.74, 6) is 0.696. The molecule has 2 nitrogen and oxygen atoms in total. The summed E-state index contributed by atoms with van der Waals surface area (Å²) in [6.07, 6.45) is 6.50. The van der Waals surface area contributed by atoms with Crippen LogP contribution < -0.4 is 0 Å². The van der Waals surface area contributed by atoms with Crippen LogP contribution in [0.2, 0.25) is 0 Å². The Hall–Kier alpha value is -1.28. The number of ether oxygens (including phenoxy) is 1. The van der Waals surface area contributed by atoms with Gasteiger partial charge in [-0.3, -0.25) is 4.90 Å². The quantitative estimate of drug-likeness (QED) is 0.738. The van der Waals surface area contributed by atoms with Crippen LogP contribution in [-0.2, 0) is 11.3 Å². The number of benzene rings is 1. The van der Waals surface area contributed by atoms with E-state index < -0.39 is 0 Å². The lowest BCUT2D eigenvalue weighted by Crippen LogP contribution is -2.32. The summed E-state index contributed by atoms with van der Waals surface area (Å²) in [5.41, 5.74) is 1.42. The first-order chi connectivity index (χ1) is 8.38. The first-order valence-corrected chi connectivity index (χ1v) is 6.34. The van der Waals surface area contributed by atoms with Gasteiger partial charge in [0.15, 0.2) is 0 Å². The van der Waals surface area contributed by atoms with Gasteiger partial charge >= 0.3 is 0 Å². The van der Waals surface area contributed by atoms with Crippen molar-refractivity contribution in [1.82, 2.24) is 4.90 Å². The van der Waals surface area contributed by atoms with Crippen LogP contribution in [0.5, 0.6) is 0 Å². The summed E-state index contributed by atoms with van der Waals surface area (Å²) in [6, 6.07) is 10.7. The molecule has 0 bridgehead atoms. The predicted molar refractivity (Wildman–Crippen MR) is 70.6 cm³/mol. The van der Waals surface area contributed by atoms with Gasteiger partial charge in [0.1, 0.15) is 0 Å². The SMILES string of the molecule is COC=CC1CCN(Cc2ccccc2)CC1. The highest BCUT2D eigenvalue weighted by Crippen LogP contribution is 2.19. The maximum atomic E-state index is 4.97. The second-order valence-corrected chi connectivity index (χ2v) is 4.66. The van der Waals surface area contributed by atoms with E-state index >= 15 is 0 Å². The monoisotopic (exact) mass is 231 g/mol. The molecule has 0 unspecified atom stereocenters. The first-order valence-electron chi connectivity index (χ1n) is 6.34. The molecule has 0 atom stereocenters. The third-order valence-electron chi connectivity index (χ3n) is 3.37. The smallest absolute Gasteiger partial charge is 0.0787 e. The van der Waals surface area contributed by atoms with E-state index in [1.807, 2.05) is 6.26 Å². The fourth-order valence-electron chi connectivity index (χ4n) is 2.33. The molecule has 1 fully saturated rings. The molecule has 0 aromatic heterocycles. The van der Waals surface area contributed by atoms with Crippen molar-refractivity contribution in [3.05, 3.63) is 48.2 Å². The largest absolute Gasteiger partial charge is 0.505 e. The second kappa shape index (κ2) is 6.45. The molecule has 0 spiro atoms. The lowest BCUT2D eigenvalue weighted by molar-refractivity contribution is 0.194. The zero-order valence-electron chi connectivity index (χ0n) is 10.5. The molecule has 2 rings (SSSR count). The minimum atomic E-state index is 0.696. The maximum Gasteiger partial charge on any atom is 0.0787 e. The minimum Gasteiger partial charge on any atom is -0.505 e. The lowest BCUT2D eigenvalue weighted by atomic mass is 9.96. The number of methoxy groups -OCH3 is 1. The molecule has 17 heavy (non-hydrogen) atoms. The minimum absolute atomic E-state index is 0.696. The fraction of sp³-hybridized carbons (Fsp3) is 0.467. The Bertz CT molecular complexity index is 339. The van der Waals surface area contributed by atoms with E-state index in [9.17, 15) is 0 Å².